The maximum atomic E-state index is 13.9. The number of anilines is 1. The van der Waals surface area contributed by atoms with Gasteiger partial charge in [-0.25, -0.2) is 18.1 Å². The molecular weight excluding hydrogens is 436 g/mol. The van der Waals surface area contributed by atoms with Gasteiger partial charge in [0.25, 0.3) is 5.91 Å². The van der Waals surface area contributed by atoms with Gasteiger partial charge in [-0.05, 0) is 51.1 Å². The van der Waals surface area contributed by atoms with Crippen molar-refractivity contribution >= 4 is 32.5 Å². The van der Waals surface area contributed by atoms with Crippen LogP contribution in [0.5, 0.6) is 0 Å². The molecule has 8 heteroatoms. The number of hydrogen-bond donors (Lipinski definition) is 0. The number of benzene rings is 2. The van der Waals surface area contributed by atoms with Crippen LogP contribution in [0.2, 0.25) is 0 Å². The second-order valence-electron chi connectivity index (χ2n) is 8.15. The Kier molecular flexibility index (Phi) is 6.03. The summed E-state index contributed by atoms with van der Waals surface area (Å²) in [4.78, 5) is 20.6. The molecule has 0 unspecified atom stereocenters. The highest BCUT2D eigenvalue weighted by Gasteiger charge is 2.25. The molecule has 0 fully saturated rings. The lowest BCUT2D eigenvalue weighted by molar-refractivity contribution is 0.0982. The SMILES string of the molecule is CCn1ncc2c(C(=O)N(c3ccc(S(C)(=O)=O)cc3)C(C)C)cc(-c3ccccc3)nc21. The van der Waals surface area contributed by atoms with Crippen LogP contribution in [0.1, 0.15) is 31.1 Å². The lowest BCUT2D eigenvalue weighted by Crippen LogP contribution is -2.37. The Hall–Kier alpha value is -3.52. The van der Waals surface area contributed by atoms with E-state index in [1.807, 2.05) is 57.2 Å². The van der Waals surface area contributed by atoms with E-state index in [9.17, 15) is 13.2 Å². The lowest BCUT2D eigenvalue weighted by atomic mass is 10.0. The summed E-state index contributed by atoms with van der Waals surface area (Å²) in [6.07, 6.45) is 2.84. The Balaban J connectivity index is 1.87. The summed E-state index contributed by atoms with van der Waals surface area (Å²) in [5.41, 5.74) is 3.37. The number of hydrogen-bond acceptors (Lipinski definition) is 5. The monoisotopic (exact) mass is 462 g/mol. The first-order chi connectivity index (χ1) is 15.7. The molecular formula is C25H26N4O3S. The van der Waals surface area contributed by atoms with E-state index in [2.05, 4.69) is 5.10 Å². The van der Waals surface area contributed by atoms with E-state index in [1.54, 1.807) is 27.9 Å². The number of nitrogens with zero attached hydrogens (tertiary/aromatic N) is 4. The van der Waals surface area contributed by atoms with Gasteiger partial charge in [0.1, 0.15) is 0 Å². The molecule has 0 aliphatic heterocycles. The molecule has 0 aliphatic carbocycles. The molecule has 0 aliphatic rings. The van der Waals surface area contributed by atoms with Crippen LogP contribution in [0.25, 0.3) is 22.3 Å². The van der Waals surface area contributed by atoms with Gasteiger partial charge in [-0.1, -0.05) is 30.3 Å². The summed E-state index contributed by atoms with van der Waals surface area (Å²) < 4.78 is 25.5. The molecule has 7 nitrogen and oxygen atoms in total. The van der Waals surface area contributed by atoms with E-state index < -0.39 is 9.84 Å². The molecule has 170 valence electrons. The zero-order valence-electron chi connectivity index (χ0n) is 19.1. The molecule has 33 heavy (non-hydrogen) atoms. The number of carbonyl (C=O) groups is 1. The van der Waals surface area contributed by atoms with Crippen molar-refractivity contribution in [3.8, 4) is 11.3 Å². The quantitative estimate of drug-likeness (QED) is 0.419. The van der Waals surface area contributed by atoms with Gasteiger partial charge < -0.3 is 4.90 Å². The van der Waals surface area contributed by atoms with Crippen LogP contribution in [-0.4, -0.2) is 41.4 Å². The summed E-state index contributed by atoms with van der Waals surface area (Å²) in [5.74, 6) is -0.197. The molecule has 4 rings (SSSR count). The minimum Gasteiger partial charge on any atom is -0.306 e. The molecule has 0 bridgehead atoms. The normalized spacial score (nSPS) is 11.8. The van der Waals surface area contributed by atoms with E-state index in [0.717, 1.165) is 11.8 Å². The minimum absolute atomic E-state index is 0.161. The van der Waals surface area contributed by atoms with Crippen molar-refractivity contribution in [3.63, 3.8) is 0 Å². The van der Waals surface area contributed by atoms with Gasteiger partial charge in [0.05, 0.1) is 27.7 Å². The number of pyridine rings is 1. The second-order valence-corrected chi connectivity index (χ2v) is 10.2. The van der Waals surface area contributed by atoms with Crippen molar-refractivity contribution in [3.05, 3.63) is 72.4 Å². The van der Waals surface area contributed by atoms with Crippen LogP contribution < -0.4 is 4.90 Å². The van der Waals surface area contributed by atoms with Crippen LogP contribution in [-0.2, 0) is 16.4 Å². The Morgan fingerprint density at radius 1 is 1.06 bits per heavy atom. The summed E-state index contributed by atoms with van der Waals surface area (Å²) >= 11 is 0. The van der Waals surface area contributed by atoms with Crippen molar-refractivity contribution in [1.29, 1.82) is 0 Å². The largest absolute Gasteiger partial charge is 0.306 e. The third-order valence-electron chi connectivity index (χ3n) is 5.49. The Bertz CT molecular complexity index is 1410. The molecule has 0 saturated heterocycles. The van der Waals surface area contributed by atoms with E-state index >= 15 is 0 Å². The van der Waals surface area contributed by atoms with Crippen molar-refractivity contribution in [2.24, 2.45) is 0 Å². The van der Waals surface area contributed by atoms with Crippen molar-refractivity contribution < 1.29 is 13.2 Å². The molecule has 0 atom stereocenters. The average Bonchev–Trinajstić information content (AvgIpc) is 3.21. The van der Waals surface area contributed by atoms with Gasteiger partial charge in [0, 0.05) is 30.1 Å². The Morgan fingerprint density at radius 2 is 1.73 bits per heavy atom. The van der Waals surface area contributed by atoms with Crippen LogP contribution in [0.15, 0.2) is 71.8 Å². The predicted molar refractivity (Wildman–Crippen MR) is 130 cm³/mol. The highest BCUT2D eigenvalue weighted by molar-refractivity contribution is 7.90. The average molecular weight is 463 g/mol. The number of rotatable bonds is 6. The van der Waals surface area contributed by atoms with E-state index in [0.29, 0.717) is 34.5 Å². The highest BCUT2D eigenvalue weighted by Crippen LogP contribution is 2.29. The van der Waals surface area contributed by atoms with Gasteiger partial charge >= 0.3 is 0 Å². The van der Waals surface area contributed by atoms with Crippen molar-refractivity contribution in [2.45, 2.75) is 38.3 Å². The van der Waals surface area contributed by atoms with Crippen LogP contribution in [0, 0.1) is 0 Å². The van der Waals surface area contributed by atoms with Crippen molar-refractivity contribution in [1.82, 2.24) is 14.8 Å². The zero-order chi connectivity index (χ0) is 23.8. The summed E-state index contributed by atoms with van der Waals surface area (Å²) in [6, 6.07) is 17.8. The molecule has 2 aromatic carbocycles. The number of sulfone groups is 1. The Morgan fingerprint density at radius 3 is 2.30 bits per heavy atom. The summed E-state index contributed by atoms with van der Waals surface area (Å²) in [5, 5.41) is 5.10. The number of carbonyl (C=O) groups excluding carboxylic acids is 1. The smallest absolute Gasteiger partial charge is 0.259 e. The third kappa shape index (κ3) is 4.39. The number of aromatic nitrogens is 3. The first-order valence-electron chi connectivity index (χ1n) is 10.8. The van der Waals surface area contributed by atoms with Crippen LogP contribution in [0.3, 0.4) is 0 Å². The standard InChI is InChI=1S/C25H26N4O3S/c1-5-28-24-22(16-26-28)21(15-23(27-24)18-9-7-6-8-10-18)25(30)29(17(2)3)19-11-13-20(14-12-19)33(4,31)32/h6-17H,5H2,1-4H3. The lowest BCUT2D eigenvalue weighted by Gasteiger charge is -2.27. The first kappa shape index (κ1) is 22.7. The predicted octanol–water partition coefficient (Wildman–Crippen LogP) is 4.58. The fourth-order valence-corrected chi connectivity index (χ4v) is 4.48. The molecule has 2 aromatic heterocycles. The zero-order valence-corrected chi connectivity index (χ0v) is 19.9. The van der Waals surface area contributed by atoms with Gasteiger partial charge in [-0.15, -0.1) is 0 Å². The van der Waals surface area contributed by atoms with Crippen molar-refractivity contribution in [2.75, 3.05) is 11.2 Å². The molecule has 2 heterocycles. The maximum absolute atomic E-state index is 13.9. The second kappa shape index (κ2) is 8.78. The van der Waals surface area contributed by atoms with Crippen LogP contribution >= 0.6 is 0 Å². The topological polar surface area (TPSA) is 85.2 Å². The van der Waals surface area contributed by atoms with Gasteiger partial charge in [-0.2, -0.15) is 5.10 Å². The highest BCUT2D eigenvalue weighted by atomic mass is 32.2. The molecule has 0 saturated carbocycles. The van der Waals surface area contributed by atoms with Gasteiger partial charge in [0.15, 0.2) is 15.5 Å². The molecule has 1 amide bonds. The number of amides is 1. The van der Waals surface area contributed by atoms with Crippen LogP contribution in [0.4, 0.5) is 5.69 Å². The molecule has 0 N–H and O–H groups in total. The van der Waals surface area contributed by atoms with Gasteiger partial charge in [-0.3, -0.25) is 4.79 Å². The summed E-state index contributed by atoms with van der Waals surface area (Å²) in [7, 11) is -3.33. The van der Waals surface area contributed by atoms with E-state index in [-0.39, 0.29) is 16.8 Å². The fourth-order valence-electron chi connectivity index (χ4n) is 3.85. The maximum Gasteiger partial charge on any atom is 0.259 e. The first-order valence-corrected chi connectivity index (χ1v) is 12.7. The minimum atomic E-state index is -3.33. The van der Waals surface area contributed by atoms with Gasteiger partial charge in [0.2, 0.25) is 0 Å². The Labute approximate surface area is 193 Å². The molecule has 0 radical (unpaired) electrons. The van der Waals surface area contributed by atoms with E-state index in [4.69, 9.17) is 4.98 Å². The number of aryl methyl sites for hydroxylation is 1. The third-order valence-corrected chi connectivity index (χ3v) is 6.62. The fraction of sp³-hybridized carbons (Fsp3) is 0.240. The summed E-state index contributed by atoms with van der Waals surface area (Å²) in [6.45, 7) is 6.46. The van der Waals surface area contributed by atoms with E-state index in [1.165, 1.54) is 12.1 Å². The molecule has 0 spiro atoms. The number of fused-ring (bicyclic) bond motifs is 1. The molecule has 4 aromatic rings.